The maximum atomic E-state index is 14.5. The number of methoxy groups -OCH3 is 1. The number of amides is 2. The second-order valence-corrected chi connectivity index (χ2v) is 12.2. The van der Waals surface area contributed by atoms with Gasteiger partial charge in [0.1, 0.15) is 4.75 Å². The molecule has 1 heterocycles. The molecule has 3 rings (SSSR count). The van der Waals surface area contributed by atoms with Crippen molar-refractivity contribution in [3.8, 4) is 5.75 Å². The Labute approximate surface area is 212 Å². The van der Waals surface area contributed by atoms with E-state index in [0.717, 1.165) is 37.4 Å². The summed E-state index contributed by atoms with van der Waals surface area (Å²) in [6.45, 7) is 5.60. The van der Waals surface area contributed by atoms with Crippen LogP contribution < -0.4 is 10.1 Å². The maximum absolute atomic E-state index is 14.5. The van der Waals surface area contributed by atoms with Crippen molar-refractivity contribution in [1.29, 1.82) is 0 Å². The van der Waals surface area contributed by atoms with Gasteiger partial charge in [-0.25, -0.2) is 14.2 Å². The minimum absolute atomic E-state index is 0.0166. The number of aliphatic carboxylic acids is 1. The molecule has 1 aliphatic carbocycles. The number of thioether (sulfide) groups is 1. The van der Waals surface area contributed by atoms with Crippen LogP contribution in [0.5, 0.6) is 5.75 Å². The minimum Gasteiger partial charge on any atom is -0.494 e. The number of aromatic nitrogens is 1. The number of rotatable bonds is 9. The number of ether oxygens (including phenoxy) is 1. The Kier molecular flexibility index (Phi) is 8.98. The lowest BCUT2D eigenvalue weighted by Gasteiger charge is -2.36. The van der Waals surface area contributed by atoms with Gasteiger partial charge in [0, 0.05) is 12.6 Å². The lowest BCUT2D eigenvalue weighted by Crippen LogP contribution is -2.45. The number of thiazole rings is 1. The van der Waals surface area contributed by atoms with Gasteiger partial charge in [0.15, 0.2) is 16.7 Å². The van der Waals surface area contributed by atoms with Crippen LogP contribution in [0.15, 0.2) is 22.5 Å². The lowest BCUT2D eigenvalue weighted by atomic mass is 9.86. The van der Waals surface area contributed by atoms with Gasteiger partial charge in [0.2, 0.25) is 5.82 Å². The van der Waals surface area contributed by atoms with E-state index in [9.17, 15) is 23.5 Å². The van der Waals surface area contributed by atoms with Crippen LogP contribution in [0.2, 0.25) is 0 Å². The van der Waals surface area contributed by atoms with Crippen molar-refractivity contribution in [1.82, 2.24) is 9.88 Å². The molecule has 2 aromatic rings. The lowest BCUT2D eigenvalue weighted by molar-refractivity contribution is -0.138. The number of benzene rings is 1. The molecule has 1 aromatic carbocycles. The molecule has 2 amide bonds. The van der Waals surface area contributed by atoms with Crippen molar-refractivity contribution in [3.05, 3.63) is 35.5 Å². The van der Waals surface area contributed by atoms with Gasteiger partial charge in [-0.2, -0.15) is 4.39 Å². The number of hydrogen-bond acceptors (Lipinski definition) is 6. The van der Waals surface area contributed by atoms with Crippen molar-refractivity contribution in [2.75, 3.05) is 19.0 Å². The van der Waals surface area contributed by atoms with Crippen LogP contribution in [-0.2, 0) is 11.2 Å². The van der Waals surface area contributed by atoms with E-state index in [1.165, 1.54) is 36.8 Å². The molecule has 1 saturated carbocycles. The van der Waals surface area contributed by atoms with Gasteiger partial charge in [0.25, 0.3) is 0 Å². The Morgan fingerprint density at radius 2 is 1.94 bits per heavy atom. The molecule has 1 aliphatic rings. The van der Waals surface area contributed by atoms with E-state index >= 15 is 0 Å². The van der Waals surface area contributed by atoms with Crippen molar-refractivity contribution in [2.24, 2.45) is 5.92 Å². The number of hydrogen-bond donors (Lipinski definition) is 2. The number of carboxylic acids is 1. The summed E-state index contributed by atoms with van der Waals surface area (Å²) in [6.07, 6.45) is 5.33. The summed E-state index contributed by atoms with van der Waals surface area (Å²) >= 11 is 2.36. The fraction of sp³-hybridized carbons (Fsp3) is 0.542. The standard InChI is InChI=1S/C24H31F2N3O4S2/c1-14-5-8-16(9-6-14)29(12-11-15-7-10-17(33-4)20(26)19(15)25)23(32)28-22-27-13-18(34-22)35-24(2,3)21(30)31/h7,10,13-14,16H,5-6,8-9,11-12H2,1-4H3,(H,30,31)(H,27,28,32)/t14-,16-. The van der Waals surface area contributed by atoms with Crippen molar-refractivity contribution < 1.29 is 28.2 Å². The van der Waals surface area contributed by atoms with E-state index in [0.29, 0.717) is 15.3 Å². The smallest absolute Gasteiger partial charge is 0.323 e. The number of urea groups is 1. The average molecular weight is 528 g/mol. The highest BCUT2D eigenvalue weighted by atomic mass is 32.2. The first kappa shape index (κ1) is 27.2. The number of carboxylic acid groups (broad SMARTS) is 1. The van der Waals surface area contributed by atoms with Crippen LogP contribution in [0, 0.1) is 17.6 Å². The van der Waals surface area contributed by atoms with E-state index in [1.54, 1.807) is 18.7 Å². The zero-order valence-corrected chi connectivity index (χ0v) is 21.9. The summed E-state index contributed by atoms with van der Waals surface area (Å²) in [4.78, 5) is 30.6. The first-order valence-corrected chi connectivity index (χ1v) is 13.1. The summed E-state index contributed by atoms with van der Waals surface area (Å²) in [5.74, 6) is -2.53. The highest BCUT2D eigenvalue weighted by Crippen LogP contribution is 2.37. The number of carbonyl (C=O) groups excluding carboxylic acids is 1. The van der Waals surface area contributed by atoms with E-state index in [2.05, 4.69) is 17.2 Å². The fourth-order valence-corrected chi connectivity index (χ4v) is 6.25. The van der Waals surface area contributed by atoms with Crippen LogP contribution in [-0.4, -0.2) is 51.4 Å². The molecular formula is C24H31F2N3O4S2. The van der Waals surface area contributed by atoms with Crippen molar-refractivity contribution in [2.45, 2.75) is 67.9 Å². The summed E-state index contributed by atoms with van der Waals surface area (Å²) in [6, 6.07) is 2.48. The molecular weight excluding hydrogens is 496 g/mol. The topological polar surface area (TPSA) is 91.8 Å². The van der Waals surface area contributed by atoms with Gasteiger partial charge >= 0.3 is 12.0 Å². The van der Waals surface area contributed by atoms with Crippen LogP contribution in [0.3, 0.4) is 0 Å². The van der Waals surface area contributed by atoms with Crippen molar-refractivity contribution >= 4 is 40.2 Å². The molecule has 0 atom stereocenters. The molecule has 0 bridgehead atoms. The van der Waals surface area contributed by atoms with Crippen LogP contribution >= 0.6 is 23.1 Å². The first-order chi connectivity index (χ1) is 16.5. The third-order valence-electron chi connectivity index (χ3n) is 6.22. The maximum Gasteiger partial charge on any atom is 0.323 e. The number of nitrogens with zero attached hydrogens (tertiary/aromatic N) is 2. The molecule has 0 aliphatic heterocycles. The average Bonchev–Trinajstić information content (AvgIpc) is 3.23. The molecule has 0 radical (unpaired) electrons. The summed E-state index contributed by atoms with van der Waals surface area (Å²) in [5, 5.41) is 12.5. The molecule has 1 fully saturated rings. The third kappa shape index (κ3) is 6.84. The number of halogens is 2. The molecule has 1 aromatic heterocycles. The van der Waals surface area contributed by atoms with Gasteiger partial charge in [-0.3, -0.25) is 10.1 Å². The van der Waals surface area contributed by atoms with E-state index in [1.807, 2.05) is 0 Å². The Bertz CT molecular complexity index is 1060. The molecule has 0 saturated heterocycles. The number of anilines is 1. The van der Waals surface area contributed by atoms with Gasteiger partial charge in [0.05, 0.1) is 17.5 Å². The second kappa shape index (κ2) is 11.6. The second-order valence-electron chi connectivity index (χ2n) is 9.24. The Morgan fingerprint density at radius 3 is 2.57 bits per heavy atom. The normalized spacial score (nSPS) is 18.2. The van der Waals surface area contributed by atoms with E-state index < -0.39 is 22.4 Å². The quantitative estimate of drug-likeness (QED) is 0.386. The summed E-state index contributed by atoms with van der Waals surface area (Å²) in [7, 11) is 1.28. The fourth-order valence-electron chi connectivity index (χ4n) is 3.99. The highest BCUT2D eigenvalue weighted by molar-refractivity contribution is 8.03. The zero-order chi connectivity index (χ0) is 25.8. The molecule has 11 heteroatoms. The first-order valence-electron chi connectivity index (χ1n) is 11.5. The molecule has 0 unspecified atom stereocenters. The predicted octanol–water partition coefficient (Wildman–Crippen LogP) is 6.04. The van der Waals surface area contributed by atoms with Gasteiger partial charge in [-0.1, -0.05) is 36.1 Å². The SMILES string of the molecule is COc1ccc(CCN(C(=O)Nc2ncc(SC(C)(C)C(=O)O)s2)[C@H]2CC[C@H](C)CC2)c(F)c1F. The summed E-state index contributed by atoms with van der Waals surface area (Å²) < 4.78 is 33.1. The predicted molar refractivity (Wildman–Crippen MR) is 133 cm³/mol. The molecule has 35 heavy (non-hydrogen) atoms. The van der Waals surface area contributed by atoms with Crippen molar-refractivity contribution in [3.63, 3.8) is 0 Å². The molecule has 2 N–H and O–H groups in total. The number of carbonyl (C=O) groups is 2. The Morgan fingerprint density at radius 1 is 1.26 bits per heavy atom. The molecule has 0 spiro atoms. The zero-order valence-electron chi connectivity index (χ0n) is 20.3. The Balaban J connectivity index is 1.73. The minimum atomic E-state index is -1.04. The Hall–Kier alpha value is -2.40. The van der Waals surface area contributed by atoms with Gasteiger partial charge in [-0.05, 0) is 63.5 Å². The number of nitrogens with one attached hydrogen (secondary N) is 1. The monoisotopic (exact) mass is 527 g/mol. The van der Waals surface area contributed by atoms with E-state index in [-0.39, 0.29) is 36.4 Å². The van der Waals surface area contributed by atoms with Gasteiger partial charge < -0.3 is 14.7 Å². The summed E-state index contributed by atoms with van der Waals surface area (Å²) in [5.41, 5.74) is 0.175. The van der Waals surface area contributed by atoms with Gasteiger partial charge in [-0.15, -0.1) is 0 Å². The third-order valence-corrected chi connectivity index (χ3v) is 8.42. The molecule has 192 valence electrons. The van der Waals surface area contributed by atoms with Crippen LogP contribution in [0.1, 0.15) is 52.0 Å². The van der Waals surface area contributed by atoms with Crippen LogP contribution in [0.25, 0.3) is 0 Å². The van der Waals surface area contributed by atoms with Crippen LogP contribution in [0.4, 0.5) is 18.7 Å². The molecule has 7 nitrogen and oxygen atoms in total. The highest BCUT2D eigenvalue weighted by Gasteiger charge is 2.31. The largest absolute Gasteiger partial charge is 0.494 e. The van der Waals surface area contributed by atoms with E-state index in [4.69, 9.17) is 4.74 Å².